The van der Waals surface area contributed by atoms with E-state index in [4.69, 9.17) is 0 Å². The second-order valence-corrected chi connectivity index (χ2v) is 6.05. The average Bonchev–Trinajstić information content (AvgIpc) is 3.05. The first-order valence-corrected chi connectivity index (χ1v) is 8.56. The van der Waals surface area contributed by atoms with Gasteiger partial charge in [0.05, 0.1) is 5.69 Å². The van der Waals surface area contributed by atoms with Gasteiger partial charge in [-0.3, -0.25) is 9.59 Å². The number of hydrogen-bond acceptors (Lipinski definition) is 3. The minimum absolute atomic E-state index is 0.0812. The highest BCUT2D eigenvalue weighted by molar-refractivity contribution is 5.87. The number of nitrogens with zero attached hydrogens (tertiary/aromatic N) is 2. The topological polar surface area (TPSA) is 52.7 Å². The van der Waals surface area contributed by atoms with Crippen LogP contribution < -0.4 is 10.2 Å². The molecule has 0 saturated carbocycles. The lowest BCUT2D eigenvalue weighted by atomic mass is 10.1. The lowest BCUT2D eigenvalue weighted by Crippen LogP contribution is -2.44. The van der Waals surface area contributed by atoms with Crippen molar-refractivity contribution < 1.29 is 14.0 Å². The molecule has 1 aliphatic heterocycles. The second-order valence-electron chi connectivity index (χ2n) is 6.05. The molecule has 1 N–H and O–H groups in total. The molecule has 5 nitrogen and oxygen atoms in total. The van der Waals surface area contributed by atoms with Crippen molar-refractivity contribution in [2.24, 2.45) is 0 Å². The molecule has 132 valence electrons. The Balaban J connectivity index is 1.98. The van der Waals surface area contributed by atoms with E-state index in [9.17, 15) is 14.0 Å². The van der Waals surface area contributed by atoms with Crippen LogP contribution >= 0.6 is 0 Å². The standard InChI is InChI=1S/C18H26FN3O2/c1-4-21(5-2)16-9-8-14(11-15(16)19)12-20-18(24)17-7-6-10-22(17)13(3)23/h8-9,11,17H,4-7,10,12H2,1-3H3,(H,20,24)/t17-/m0/s1. The predicted octanol–water partition coefficient (Wildman–Crippen LogP) is 2.30. The maximum atomic E-state index is 14.3. The summed E-state index contributed by atoms with van der Waals surface area (Å²) in [6.07, 6.45) is 1.52. The van der Waals surface area contributed by atoms with Gasteiger partial charge in [-0.2, -0.15) is 0 Å². The van der Waals surface area contributed by atoms with Crippen LogP contribution in [0.25, 0.3) is 0 Å². The maximum Gasteiger partial charge on any atom is 0.243 e. The van der Waals surface area contributed by atoms with E-state index in [1.165, 1.54) is 13.0 Å². The number of carbonyl (C=O) groups excluding carboxylic acids is 2. The van der Waals surface area contributed by atoms with E-state index in [2.05, 4.69) is 5.32 Å². The molecule has 0 aliphatic carbocycles. The summed E-state index contributed by atoms with van der Waals surface area (Å²) >= 11 is 0. The molecule has 2 rings (SSSR count). The molecule has 6 heteroatoms. The number of halogens is 1. The van der Waals surface area contributed by atoms with Crippen molar-refractivity contribution >= 4 is 17.5 Å². The molecule has 0 unspecified atom stereocenters. The highest BCUT2D eigenvalue weighted by Crippen LogP contribution is 2.21. The van der Waals surface area contributed by atoms with Crippen molar-refractivity contribution in [2.45, 2.75) is 46.2 Å². The maximum absolute atomic E-state index is 14.3. The highest BCUT2D eigenvalue weighted by atomic mass is 19.1. The summed E-state index contributed by atoms with van der Waals surface area (Å²) in [5.41, 5.74) is 1.29. The third kappa shape index (κ3) is 4.04. The van der Waals surface area contributed by atoms with Gasteiger partial charge in [-0.15, -0.1) is 0 Å². The normalized spacial score (nSPS) is 17.0. The van der Waals surface area contributed by atoms with Gasteiger partial charge in [0.2, 0.25) is 11.8 Å². The third-order valence-electron chi connectivity index (χ3n) is 4.54. The molecule has 0 aromatic heterocycles. The average molecular weight is 335 g/mol. The van der Waals surface area contributed by atoms with Gasteiger partial charge in [-0.25, -0.2) is 4.39 Å². The van der Waals surface area contributed by atoms with E-state index in [0.29, 0.717) is 24.2 Å². The van der Waals surface area contributed by atoms with Gasteiger partial charge in [0.15, 0.2) is 0 Å². The molecule has 1 saturated heterocycles. The molecule has 24 heavy (non-hydrogen) atoms. The summed E-state index contributed by atoms with van der Waals surface area (Å²) in [7, 11) is 0. The smallest absolute Gasteiger partial charge is 0.243 e. The number of rotatable bonds is 6. The zero-order valence-electron chi connectivity index (χ0n) is 14.6. The SMILES string of the molecule is CCN(CC)c1ccc(CNC(=O)[C@@H]2CCCN2C(C)=O)cc1F. The van der Waals surface area contributed by atoms with Crippen molar-refractivity contribution in [3.8, 4) is 0 Å². The van der Waals surface area contributed by atoms with Crippen molar-refractivity contribution in [3.63, 3.8) is 0 Å². The third-order valence-corrected chi connectivity index (χ3v) is 4.54. The number of anilines is 1. The Morgan fingerprint density at radius 3 is 2.62 bits per heavy atom. The van der Waals surface area contributed by atoms with Crippen LogP contribution in [-0.2, 0) is 16.1 Å². The van der Waals surface area contributed by atoms with E-state index in [-0.39, 0.29) is 24.2 Å². The van der Waals surface area contributed by atoms with Gasteiger partial charge in [-0.1, -0.05) is 6.07 Å². The molecular weight excluding hydrogens is 309 g/mol. The van der Waals surface area contributed by atoms with E-state index < -0.39 is 6.04 Å². The van der Waals surface area contributed by atoms with Gasteiger partial charge >= 0.3 is 0 Å². The fourth-order valence-corrected chi connectivity index (χ4v) is 3.20. The Kier molecular flexibility index (Phi) is 6.17. The van der Waals surface area contributed by atoms with E-state index in [0.717, 1.165) is 19.5 Å². The summed E-state index contributed by atoms with van der Waals surface area (Å²) < 4.78 is 14.3. The first-order chi connectivity index (χ1) is 11.5. The van der Waals surface area contributed by atoms with Crippen LogP contribution in [0, 0.1) is 5.82 Å². The summed E-state index contributed by atoms with van der Waals surface area (Å²) in [6, 6.07) is 4.64. The summed E-state index contributed by atoms with van der Waals surface area (Å²) in [4.78, 5) is 27.4. The van der Waals surface area contributed by atoms with Crippen LogP contribution in [0.4, 0.5) is 10.1 Å². The summed E-state index contributed by atoms with van der Waals surface area (Å²) in [6.45, 7) is 7.82. The van der Waals surface area contributed by atoms with Crippen LogP contribution in [0.3, 0.4) is 0 Å². The molecule has 1 aromatic rings. The van der Waals surface area contributed by atoms with E-state index in [1.807, 2.05) is 24.8 Å². The molecular formula is C18H26FN3O2. The Bertz CT molecular complexity index is 602. The second kappa shape index (κ2) is 8.13. The summed E-state index contributed by atoms with van der Waals surface area (Å²) in [5, 5.41) is 2.82. The molecule has 1 heterocycles. The number of hydrogen-bond donors (Lipinski definition) is 1. The molecule has 1 atom stereocenters. The minimum atomic E-state index is -0.401. The predicted molar refractivity (Wildman–Crippen MR) is 92.2 cm³/mol. The molecule has 0 spiro atoms. The fraction of sp³-hybridized carbons (Fsp3) is 0.556. The molecule has 2 amide bonds. The first kappa shape index (κ1) is 18.2. The first-order valence-electron chi connectivity index (χ1n) is 8.56. The van der Waals surface area contributed by atoms with Gasteiger partial charge in [-0.05, 0) is 44.4 Å². The molecule has 1 aromatic carbocycles. The number of likely N-dealkylation sites (tertiary alicyclic amines) is 1. The minimum Gasteiger partial charge on any atom is -0.370 e. The Labute approximate surface area is 142 Å². The Hall–Kier alpha value is -2.11. The quantitative estimate of drug-likeness (QED) is 0.868. The monoisotopic (exact) mass is 335 g/mol. The lowest BCUT2D eigenvalue weighted by Gasteiger charge is -2.23. The van der Waals surface area contributed by atoms with Crippen molar-refractivity contribution in [2.75, 3.05) is 24.5 Å². The van der Waals surface area contributed by atoms with Crippen molar-refractivity contribution in [3.05, 3.63) is 29.6 Å². The van der Waals surface area contributed by atoms with Crippen molar-refractivity contribution in [1.29, 1.82) is 0 Å². The van der Waals surface area contributed by atoms with Gasteiger partial charge < -0.3 is 15.1 Å². The Morgan fingerprint density at radius 1 is 1.33 bits per heavy atom. The largest absolute Gasteiger partial charge is 0.370 e. The molecule has 1 fully saturated rings. The lowest BCUT2D eigenvalue weighted by molar-refractivity contribution is -0.136. The highest BCUT2D eigenvalue weighted by Gasteiger charge is 2.32. The van der Waals surface area contributed by atoms with Crippen LogP contribution in [0.1, 0.15) is 39.2 Å². The number of carbonyl (C=O) groups is 2. The fourth-order valence-electron chi connectivity index (χ4n) is 3.20. The molecule has 0 radical (unpaired) electrons. The van der Waals surface area contributed by atoms with Gasteiger partial charge in [0.1, 0.15) is 11.9 Å². The van der Waals surface area contributed by atoms with Crippen LogP contribution in [0.5, 0.6) is 0 Å². The van der Waals surface area contributed by atoms with Gasteiger partial charge in [0.25, 0.3) is 0 Å². The van der Waals surface area contributed by atoms with E-state index >= 15 is 0 Å². The number of benzene rings is 1. The zero-order chi connectivity index (χ0) is 17.7. The van der Waals surface area contributed by atoms with Crippen LogP contribution in [0.15, 0.2) is 18.2 Å². The van der Waals surface area contributed by atoms with Crippen LogP contribution in [-0.4, -0.2) is 42.4 Å². The zero-order valence-corrected chi connectivity index (χ0v) is 14.6. The molecule has 1 aliphatic rings. The van der Waals surface area contributed by atoms with Crippen LogP contribution in [0.2, 0.25) is 0 Å². The number of nitrogens with one attached hydrogen (secondary N) is 1. The van der Waals surface area contributed by atoms with Gasteiger partial charge in [0, 0.05) is 33.1 Å². The Morgan fingerprint density at radius 2 is 2.04 bits per heavy atom. The summed E-state index contributed by atoms with van der Waals surface area (Å²) in [5.74, 6) is -0.533. The number of amides is 2. The van der Waals surface area contributed by atoms with Crippen molar-refractivity contribution in [1.82, 2.24) is 10.2 Å². The molecule has 0 bridgehead atoms. The van der Waals surface area contributed by atoms with E-state index in [1.54, 1.807) is 11.0 Å².